The van der Waals surface area contributed by atoms with Crippen LogP contribution in [0.25, 0.3) is 0 Å². The zero-order chi connectivity index (χ0) is 15.9. The molecule has 114 valence electrons. The Labute approximate surface area is 137 Å². The smallest absolute Gasteiger partial charge is 0.311 e. The van der Waals surface area contributed by atoms with E-state index in [0.717, 1.165) is 0 Å². The summed E-state index contributed by atoms with van der Waals surface area (Å²) >= 11 is 11.6. The average molecular weight is 339 g/mol. The van der Waals surface area contributed by atoms with Crippen molar-refractivity contribution in [1.82, 2.24) is 0 Å². The molecule has 0 unspecified atom stereocenters. The molecular weight excluding hydrogens is 327 g/mol. The fourth-order valence-corrected chi connectivity index (χ4v) is 1.99. The first kappa shape index (κ1) is 16.3. The number of carbonyl (C=O) groups is 2. The van der Waals surface area contributed by atoms with E-state index in [1.165, 1.54) is 12.1 Å². The van der Waals surface area contributed by atoms with Gasteiger partial charge >= 0.3 is 11.9 Å². The molecule has 0 aliphatic heterocycles. The predicted molar refractivity (Wildman–Crippen MR) is 83.4 cm³/mol. The van der Waals surface area contributed by atoms with Gasteiger partial charge in [0.2, 0.25) is 0 Å². The molecule has 6 heteroatoms. The molecular formula is C16H12Cl2O4. The Bertz CT molecular complexity index is 626. The van der Waals surface area contributed by atoms with Crippen molar-refractivity contribution < 1.29 is 19.1 Å². The molecule has 0 atom stereocenters. The number of ether oxygens (including phenoxy) is 2. The molecule has 0 fully saturated rings. The van der Waals surface area contributed by atoms with Crippen LogP contribution in [0.1, 0.15) is 12.8 Å². The van der Waals surface area contributed by atoms with Crippen LogP contribution >= 0.6 is 23.2 Å². The number of hydrogen-bond donors (Lipinski definition) is 0. The molecule has 2 aromatic carbocycles. The minimum Gasteiger partial charge on any atom is -0.426 e. The molecule has 2 aromatic rings. The summed E-state index contributed by atoms with van der Waals surface area (Å²) in [6.45, 7) is 0. The van der Waals surface area contributed by atoms with Crippen LogP contribution in [0.5, 0.6) is 11.5 Å². The van der Waals surface area contributed by atoms with Crippen LogP contribution in [0.15, 0.2) is 48.5 Å². The van der Waals surface area contributed by atoms with Crippen molar-refractivity contribution in [2.24, 2.45) is 0 Å². The summed E-state index contributed by atoms with van der Waals surface area (Å²) in [5.41, 5.74) is 0. The van der Waals surface area contributed by atoms with E-state index in [1.807, 2.05) is 0 Å². The molecule has 0 aliphatic carbocycles. The summed E-state index contributed by atoms with van der Waals surface area (Å²) in [5.74, 6) is -0.406. The van der Waals surface area contributed by atoms with E-state index in [0.29, 0.717) is 21.5 Å². The number of halogens is 2. The van der Waals surface area contributed by atoms with Gasteiger partial charge in [0.15, 0.2) is 0 Å². The van der Waals surface area contributed by atoms with Crippen LogP contribution in [-0.2, 0) is 9.59 Å². The molecule has 22 heavy (non-hydrogen) atoms. The second kappa shape index (κ2) is 7.82. The molecule has 0 heterocycles. The Morgan fingerprint density at radius 3 is 1.55 bits per heavy atom. The van der Waals surface area contributed by atoms with Crippen molar-refractivity contribution in [1.29, 1.82) is 0 Å². The minimum atomic E-state index is -0.537. The molecule has 0 bridgehead atoms. The number of carbonyl (C=O) groups excluding carboxylic acids is 2. The first-order valence-electron chi connectivity index (χ1n) is 6.45. The van der Waals surface area contributed by atoms with Gasteiger partial charge in [-0.15, -0.1) is 0 Å². The summed E-state index contributed by atoms with van der Waals surface area (Å²) in [6.07, 6.45) is -0.183. The Morgan fingerprint density at radius 2 is 1.18 bits per heavy atom. The van der Waals surface area contributed by atoms with Crippen LogP contribution in [0.3, 0.4) is 0 Å². The summed E-state index contributed by atoms with van der Waals surface area (Å²) in [6, 6.07) is 12.9. The highest BCUT2D eigenvalue weighted by Gasteiger charge is 2.11. The zero-order valence-electron chi connectivity index (χ0n) is 11.4. The van der Waals surface area contributed by atoms with Gasteiger partial charge < -0.3 is 9.47 Å². The van der Waals surface area contributed by atoms with Crippen molar-refractivity contribution in [2.75, 3.05) is 0 Å². The molecule has 0 aliphatic rings. The molecule has 0 N–H and O–H groups in total. The topological polar surface area (TPSA) is 52.6 Å². The van der Waals surface area contributed by atoms with Crippen molar-refractivity contribution in [3.63, 3.8) is 0 Å². The molecule has 0 spiro atoms. The van der Waals surface area contributed by atoms with Crippen molar-refractivity contribution in [2.45, 2.75) is 12.8 Å². The van der Waals surface area contributed by atoms with E-state index in [4.69, 9.17) is 32.7 Å². The third kappa shape index (κ3) is 5.39. The lowest BCUT2D eigenvalue weighted by Crippen LogP contribution is -2.14. The van der Waals surface area contributed by atoms with E-state index in [2.05, 4.69) is 0 Å². The maximum atomic E-state index is 11.6. The van der Waals surface area contributed by atoms with Gasteiger partial charge in [-0.05, 0) is 36.4 Å². The summed E-state index contributed by atoms with van der Waals surface area (Å²) in [4.78, 5) is 23.3. The molecule has 0 amide bonds. The summed E-state index contributed by atoms with van der Waals surface area (Å²) in [7, 11) is 0. The van der Waals surface area contributed by atoms with Gasteiger partial charge in [0.05, 0.1) is 12.8 Å². The first-order chi connectivity index (χ1) is 10.5. The molecule has 0 saturated heterocycles. The lowest BCUT2D eigenvalue weighted by molar-refractivity contribution is -0.140. The van der Waals surface area contributed by atoms with Crippen LogP contribution < -0.4 is 9.47 Å². The van der Waals surface area contributed by atoms with E-state index < -0.39 is 11.9 Å². The van der Waals surface area contributed by atoms with Crippen molar-refractivity contribution in [3.8, 4) is 11.5 Å². The van der Waals surface area contributed by atoms with Crippen LogP contribution in [0.4, 0.5) is 0 Å². The van der Waals surface area contributed by atoms with Crippen LogP contribution in [-0.4, -0.2) is 11.9 Å². The Balaban J connectivity index is 1.79. The molecule has 4 nitrogen and oxygen atoms in total. The van der Waals surface area contributed by atoms with Gasteiger partial charge in [-0.25, -0.2) is 0 Å². The zero-order valence-corrected chi connectivity index (χ0v) is 12.9. The molecule has 2 rings (SSSR count). The highest BCUT2D eigenvalue weighted by Crippen LogP contribution is 2.19. The average Bonchev–Trinajstić information content (AvgIpc) is 2.45. The van der Waals surface area contributed by atoms with Gasteiger partial charge in [0.1, 0.15) is 11.5 Å². The van der Waals surface area contributed by atoms with Gasteiger partial charge in [0, 0.05) is 10.0 Å². The van der Waals surface area contributed by atoms with Gasteiger partial charge in [0.25, 0.3) is 0 Å². The number of hydrogen-bond acceptors (Lipinski definition) is 4. The van der Waals surface area contributed by atoms with Gasteiger partial charge in [-0.3, -0.25) is 9.59 Å². The lowest BCUT2D eigenvalue weighted by atomic mass is 10.3. The van der Waals surface area contributed by atoms with E-state index in [-0.39, 0.29) is 12.8 Å². The number of benzene rings is 2. The Hall–Kier alpha value is -2.04. The van der Waals surface area contributed by atoms with Gasteiger partial charge in [-0.2, -0.15) is 0 Å². The van der Waals surface area contributed by atoms with Crippen LogP contribution in [0, 0.1) is 0 Å². The Kier molecular flexibility index (Phi) is 5.81. The third-order valence-corrected chi connectivity index (χ3v) is 3.06. The van der Waals surface area contributed by atoms with Crippen molar-refractivity contribution in [3.05, 3.63) is 58.6 Å². The monoisotopic (exact) mass is 338 g/mol. The molecule has 0 saturated carbocycles. The lowest BCUT2D eigenvalue weighted by Gasteiger charge is -2.06. The van der Waals surface area contributed by atoms with E-state index in [9.17, 15) is 9.59 Å². The second-order valence-corrected chi connectivity index (χ2v) is 5.24. The maximum Gasteiger partial charge on any atom is 0.311 e. The SMILES string of the molecule is O=C(CCC(=O)Oc1cccc(Cl)c1)Oc1cccc(Cl)c1. The third-order valence-electron chi connectivity index (χ3n) is 2.59. The largest absolute Gasteiger partial charge is 0.426 e. The Morgan fingerprint density at radius 1 is 0.773 bits per heavy atom. The quantitative estimate of drug-likeness (QED) is 0.603. The van der Waals surface area contributed by atoms with Crippen LogP contribution in [0.2, 0.25) is 10.0 Å². The molecule has 0 radical (unpaired) electrons. The van der Waals surface area contributed by atoms with Crippen molar-refractivity contribution >= 4 is 35.1 Å². The highest BCUT2D eigenvalue weighted by atomic mass is 35.5. The maximum absolute atomic E-state index is 11.6. The van der Waals surface area contributed by atoms with Gasteiger partial charge in [-0.1, -0.05) is 35.3 Å². The standard InChI is InChI=1S/C16H12Cl2O4/c17-11-3-1-5-13(9-11)21-15(19)7-8-16(20)22-14-6-2-4-12(18)10-14/h1-6,9-10H,7-8H2. The second-order valence-electron chi connectivity index (χ2n) is 4.36. The van der Waals surface area contributed by atoms with E-state index in [1.54, 1.807) is 36.4 Å². The minimum absolute atomic E-state index is 0.0914. The number of rotatable bonds is 5. The predicted octanol–water partition coefficient (Wildman–Crippen LogP) is 4.28. The normalized spacial score (nSPS) is 10.1. The van der Waals surface area contributed by atoms with E-state index >= 15 is 0 Å². The first-order valence-corrected chi connectivity index (χ1v) is 7.21. The molecule has 0 aromatic heterocycles. The fraction of sp³-hybridized carbons (Fsp3) is 0.125. The fourth-order valence-electron chi connectivity index (χ4n) is 1.63. The summed E-state index contributed by atoms with van der Waals surface area (Å²) < 4.78 is 10.1. The summed E-state index contributed by atoms with van der Waals surface area (Å²) in [5, 5.41) is 0.927. The number of esters is 2. The highest BCUT2D eigenvalue weighted by molar-refractivity contribution is 6.31.